The summed E-state index contributed by atoms with van der Waals surface area (Å²) in [6.07, 6.45) is 2.30. The average Bonchev–Trinajstić information content (AvgIpc) is 2.62. The molecule has 1 saturated heterocycles. The molecule has 4 heteroatoms. The van der Waals surface area contributed by atoms with E-state index in [2.05, 4.69) is 40.5 Å². The molecule has 1 aliphatic heterocycles. The van der Waals surface area contributed by atoms with Crippen molar-refractivity contribution in [3.8, 4) is 0 Å². The first kappa shape index (κ1) is 16.5. The number of rotatable bonds is 6. The number of nitrogens with zero attached hydrogens (tertiary/aromatic N) is 1. The standard InChI is InChI=1S/C20H24N2O2/c23-20(24)18-8-4-5-9-19(18)21-14-16-10-12-22(13-11-16)15-17-6-2-1-3-7-17/h1-9,16,21H,10-15H2,(H,23,24). The first-order chi connectivity index (χ1) is 11.7. The summed E-state index contributed by atoms with van der Waals surface area (Å²) in [5, 5.41) is 12.6. The predicted molar refractivity (Wildman–Crippen MR) is 96.3 cm³/mol. The molecule has 4 nitrogen and oxygen atoms in total. The van der Waals surface area contributed by atoms with Crippen molar-refractivity contribution in [2.45, 2.75) is 19.4 Å². The molecule has 0 saturated carbocycles. The van der Waals surface area contributed by atoms with E-state index >= 15 is 0 Å². The summed E-state index contributed by atoms with van der Waals surface area (Å²) in [4.78, 5) is 13.7. The van der Waals surface area contributed by atoms with Crippen molar-refractivity contribution in [3.05, 3.63) is 65.7 Å². The third-order valence-electron chi connectivity index (χ3n) is 4.69. The average molecular weight is 324 g/mol. The van der Waals surface area contributed by atoms with Crippen LogP contribution < -0.4 is 5.32 Å². The third-order valence-corrected chi connectivity index (χ3v) is 4.69. The number of piperidine rings is 1. The van der Waals surface area contributed by atoms with Gasteiger partial charge in [-0.1, -0.05) is 42.5 Å². The number of carbonyl (C=O) groups is 1. The summed E-state index contributed by atoms with van der Waals surface area (Å²) >= 11 is 0. The number of carboxylic acids is 1. The zero-order chi connectivity index (χ0) is 16.8. The molecule has 1 aliphatic rings. The second kappa shape index (κ2) is 7.97. The van der Waals surface area contributed by atoms with E-state index in [4.69, 9.17) is 0 Å². The molecule has 24 heavy (non-hydrogen) atoms. The van der Waals surface area contributed by atoms with Crippen molar-refractivity contribution in [1.82, 2.24) is 4.90 Å². The zero-order valence-corrected chi connectivity index (χ0v) is 13.8. The summed E-state index contributed by atoms with van der Waals surface area (Å²) in [6.45, 7) is 4.05. The minimum Gasteiger partial charge on any atom is -0.478 e. The lowest BCUT2D eigenvalue weighted by Crippen LogP contribution is -2.35. The van der Waals surface area contributed by atoms with Gasteiger partial charge in [-0.2, -0.15) is 0 Å². The number of benzene rings is 2. The van der Waals surface area contributed by atoms with Crippen LogP contribution in [-0.4, -0.2) is 35.6 Å². The van der Waals surface area contributed by atoms with Crippen LogP contribution in [0.5, 0.6) is 0 Å². The van der Waals surface area contributed by atoms with Crippen molar-refractivity contribution in [2.75, 3.05) is 25.0 Å². The highest BCUT2D eigenvalue weighted by Crippen LogP contribution is 2.21. The predicted octanol–water partition coefficient (Wildman–Crippen LogP) is 3.71. The van der Waals surface area contributed by atoms with Gasteiger partial charge in [-0.05, 0) is 49.5 Å². The molecule has 0 bridgehead atoms. The van der Waals surface area contributed by atoms with Crippen LogP contribution in [-0.2, 0) is 6.54 Å². The molecule has 0 unspecified atom stereocenters. The van der Waals surface area contributed by atoms with E-state index in [-0.39, 0.29) is 0 Å². The van der Waals surface area contributed by atoms with Crippen molar-refractivity contribution >= 4 is 11.7 Å². The number of para-hydroxylation sites is 1. The molecule has 0 aliphatic carbocycles. The lowest BCUT2D eigenvalue weighted by molar-refractivity contribution is 0.0698. The Hall–Kier alpha value is -2.33. The molecule has 1 fully saturated rings. The summed E-state index contributed by atoms with van der Waals surface area (Å²) in [7, 11) is 0. The Balaban J connectivity index is 1.47. The molecule has 3 rings (SSSR count). The molecule has 126 valence electrons. The number of likely N-dealkylation sites (tertiary alicyclic amines) is 1. The Morgan fingerprint density at radius 1 is 1.04 bits per heavy atom. The fourth-order valence-electron chi connectivity index (χ4n) is 3.27. The van der Waals surface area contributed by atoms with Gasteiger partial charge < -0.3 is 10.4 Å². The van der Waals surface area contributed by atoms with Gasteiger partial charge in [0.25, 0.3) is 0 Å². The van der Waals surface area contributed by atoms with Gasteiger partial charge in [0.15, 0.2) is 0 Å². The van der Waals surface area contributed by atoms with Gasteiger partial charge in [0, 0.05) is 18.8 Å². The van der Waals surface area contributed by atoms with Crippen molar-refractivity contribution in [3.63, 3.8) is 0 Å². The van der Waals surface area contributed by atoms with E-state index in [1.165, 1.54) is 5.56 Å². The van der Waals surface area contributed by atoms with E-state index < -0.39 is 5.97 Å². The summed E-state index contributed by atoms with van der Waals surface area (Å²) in [5.41, 5.74) is 2.43. The fourth-order valence-corrected chi connectivity index (χ4v) is 3.27. The Labute approximate surface area is 143 Å². The molecule has 1 heterocycles. The maximum atomic E-state index is 11.2. The van der Waals surface area contributed by atoms with Gasteiger partial charge in [-0.3, -0.25) is 4.90 Å². The first-order valence-corrected chi connectivity index (χ1v) is 8.55. The third kappa shape index (κ3) is 4.36. The number of anilines is 1. The van der Waals surface area contributed by atoms with Crippen LogP contribution in [0.1, 0.15) is 28.8 Å². The molecule has 2 aromatic rings. The highest BCUT2D eigenvalue weighted by atomic mass is 16.4. The highest BCUT2D eigenvalue weighted by Gasteiger charge is 2.19. The first-order valence-electron chi connectivity index (χ1n) is 8.55. The number of carboxylic acid groups (broad SMARTS) is 1. The molecular weight excluding hydrogens is 300 g/mol. The second-order valence-corrected chi connectivity index (χ2v) is 6.44. The van der Waals surface area contributed by atoms with E-state index in [0.29, 0.717) is 11.5 Å². The molecule has 2 aromatic carbocycles. The summed E-state index contributed by atoms with van der Waals surface area (Å²) < 4.78 is 0. The van der Waals surface area contributed by atoms with Crippen LogP contribution in [0.15, 0.2) is 54.6 Å². The van der Waals surface area contributed by atoms with Crippen molar-refractivity contribution < 1.29 is 9.90 Å². The lowest BCUT2D eigenvalue weighted by Gasteiger charge is -2.32. The Morgan fingerprint density at radius 2 is 1.71 bits per heavy atom. The van der Waals surface area contributed by atoms with Gasteiger partial charge >= 0.3 is 5.97 Å². The molecule has 0 aromatic heterocycles. The smallest absolute Gasteiger partial charge is 0.337 e. The second-order valence-electron chi connectivity index (χ2n) is 6.44. The van der Waals surface area contributed by atoms with Crippen LogP contribution in [0.3, 0.4) is 0 Å². The minimum absolute atomic E-state index is 0.346. The van der Waals surface area contributed by atoms with Crippen LogP contribution >= 0.6 is 0 Å². The molecule has 2 N–H and O–H groups in total. The van der Waals surface area contributed by atoms with Crippen molar-refractivity contribution in [1.29, 1.82) is 0 Å². The summed E-state index contributed by atoms with van der Waals surface area (Å²) in [6, 6.07) is 17.7. The lowest BCUT2D eigenvalue weighted by atomic mass is 9.96. The molecule has 0 spiro atoms. The molecule has 0 amide bonds. The van der Waals surface area contributed by atoms with Crippen LogP contribution in [0.4, 0.5) is 5.69 Å². The SMILES string of the molecule is O=C(O)c1ccccc1NCC1CCN(Cc2ccccc2)CC1. The highest BCUT2D eigenvalue weighted by molar-refractivity contribution is 5.94. The monoisotopic (exact) mass is 324 g/mol. The van der Waals surface area contributed by atoms with Crippen LogP contribution in [0.25, 0.3) is 0 Å². The molecular formula is C20H24N2O2. The van der Waals surface area contributed by atoms with Gasteiger partial charge in [-0.25, -0.2) is 4.79 Å². The number of hydrogen-bond donors (Lipinski definition) is 2. The quantitative estimate of drug-likeness (QED) is 0.850. The number of aromatic carboxylic acids is 1. The zero-order valence-electron chi connectivity index (χ0n) is 13.8. The van der Waals surface area contributed by atoms with E-state index in [9.17, 15) is 9.90 Å². The maximum absolute atomic E-state index is 11.2. The number of hydrogen-bond acceptors (Lipinski definition) is 3. The normalized spacial score (nSPS) is 16.0. The fraction of sp³-hybridized carbons (Fsp3) is 0.350. The largest absolute Gasteiger partial charge is 0.478 e. The van der Waals surface area contributed by atoms with Crippen LogP contribution in [0, 0.1) is 5.92 Å². The Morgan fingerprint density at radius 3 is 2.42 bits per heavy atom. The summed E-state index contributed by atoms with van der Waals surface area (Å²) in [5.74, 6) is -0.283. The van der Waals surface area contributed by atoms with E-state index in [1.54, 1.807) is 12.1 Å². The molecule has 0 atom stereocenters. The van der Waals surface area contributed by atoms with Gasteiger partial charge in [0.05, 0.1) is 5.56 Å². The van der Waals surface area contributed by atoms with Gasteiger partial charge in [-0.15, -0.1) is 0 Å². The minimum atomic E-state index is -0.879. The van der Waals surface area contributed by atoms with Crippen molar-refractivity contribution in [2.24, 2.45) is 5.92 Å². The number of nitrogens with one attached hydrogen (secondary N) is 1. The molecule has 0 radical (unpaired) electrons. The van der Waals surface area contributed by atoms with E-state index in [1.807, 2.05) is 12.1 Å². The topological polar surface area (TPSA) is 52.6 Å². The van der Waals surface area contributed by atoms with Crippen LogP contribution in [0.2, 0.25) is 0 Å². The maximum Gasteiger partial charge on any atom is 0.337 e. The van der Waals surface area contributed by atoms with Gasteiger partial charge in [0.1, 0.15) is 0 Å². The Bertz CT molecular complexity index is 664. The van der Waals surface area contributed by atoms with E-state index in [0.717, 1.165) is 44.7 Å². The Kier molecular flexibility index (Phi) is 5.49. The van der Waals surface area contributed by atoms with Gasteiger partial charge in [0.2, 0.25) is 0 Å².